The second-order valence-electron chi connectivity index (χ2n) is 7.09. The minimum atomic E-state index is -0.365. The van der Waals surface area contributed by atoms with E-state index >= 15 is 0 Å². The number of amides is 1. The maximum atomic E-state index is 13.1. The van der Waals surface area contributed by atoms with E-state index in [4.69, 9.17) is 0 Å². The molecular formula is C22H22N6O3. The quantitative estimate of drug-likeness (QED) is 0.440. The standard InChI is InChI=1S/C22H22N6O3/c1-14-21-18(26-28(22(21)31)17-8-5-7-15(10-17)23-2)11-20(30)27(14)13-19(29)25-12-16-6-3-4-9-24-16/h3-11,23,26H,12-13H2,1-2H3,(H,25,29). The first-order valence-corrected chi connectivity index (χ1v) is 9.78. The molecule has 31 heavy (non-hydrogen) atoms. The van der Waals surface area contributed by atoms with Crippen molar-refractivity contribution < 1.29 is 4.79 Å². The SMILES string of the molecule is CNc1cccc(-n2[nH]c3cc(=O)n(CC(=O)NCc4ccccn4)c(C)c3c2=O)c1. The smallest absolute Gasteiger partial charge is 0.280 e. The Morgan fingerprint density at radius 2 is 1.97 bits per heavy atom. The largest absolute Gasteiger partial charge is 0.388 e. The number of carbonyl (C=O) groups excluding carboxylic acids is 1. The summed E-state index contributed by atoms with van der Waals surface area (Å²) >= 11 is 0. The van der Waals surface area contributed by atoms with Crippen LogP contribution in [0.3, 0.4) is 0 Å². The van der Waals surface area contributed by atoms with E-state index in [2.05, 4.69) is 20.7 Å². The van der Waals surface area contributed by atoms with Crippen molar-refractivity contribution in [2.24, 2.45) is 0 Å². The van der Waals surface area contributed by atoms with Crippen molar-refractivity contribution in [1.29, 1.82) is 0 Å². The van der Waals surface area contributed by atoms with Gasteiger partial charge < -0.3 is 15.2 Å². The molecule has 4 aromatic rings. The van der Waals surface area contributed by atoms with Crippen molar-refractivity contribution in [2.45, 2.75) is 20.0 Å². The van der Waals surface area contributed by atoms with Crippen LogP contribution >= 0.6 is 0 Å². The topological polar surface area (TPSA) is 114 Å². The number of hydrogen-bond donors (Lipinski definition) is 3. The number of hydrogen-bond acceptors (Lipinski definition) is 5. The first-order valence-electron chi connectivity index (χ1n) is 9.78. The summed E-state index contributed by atoms with van der Waals surface area (Å²) in [5, 5.41) is 9.14. The Hall–Kier alpha value is -4.14. The van der Waals surface area contributed by atoms with E-state index in [-0.39, 0.29) is 30.1 Å². The molecule has 3 N–H and O–H groups in total. The van der Waals surface area contributed by atoms with Gasteiger partial charge in [0.2, 0.25) is 5.91 Å². The van der Waals surface area contributed by atoms with Crippen molar-refractivity contribution in [3.8, 4) is 5.69 Å². The predicted octanol–water partition coefficient (Wildman–Crippen LogP) is 1.54. The highest BCUT2D eigenvalue weighted by Gasteiger charge is 2.17. The molecule has 0 bridgehead atoms. The lowest BCUT2D eigenvalue weighted by atomic mass is 10.2. The minimum Gasteiger partial charge on any atom is -0.388 e. The average Bonchev–Trinajstić information content (AvgIpc) is 3.12. The van der Waals surface area contributed by atoms with E-state index in [1.54, 1.807) is 38.4 Å². The molecule has 0 fully saturated rings. The molecule has 0 unspecified atom stereocenters. The fraction of sp³-hybridized carbons (Fsp3) is 0.182. The Balaban J connectivity index is 1.66. The second kappa shape index (κ2) is 8.31. The van der Waals surface area contributed by atoms with Gasteiger partial charge in [-0.3, -0.25) is 24.5 Å². The molecule has 1 amide bonds. The lowest BCUT2D eigenvalue weighted by Crippen LogP contribution is -2.33. The van der Waals surface area contributed by atoms with Crippen LogP contribution < -0.4 is 21.8 Å². The Kier molecular flexibility index (Phi) is 5.40. The Labute approximate surface area is 177 Å². The van der Waals surface area contributed by atoms with Crippen molar-refractivity contribution in [2.75, 3.05) is 12.4 Å². The lowest BCUT2D eigenvalue weighted by molar-refractivity contribution is -0.121. The van der Waals surface area contributed by atoms with Gasteiger partial charge in [-0.1, -0.05) is 12.1 Å². The number of anilines is 1. The van der Waals surface area contributed by atoms with Crippen LogP contribution in [0, 0.1) is 6.92 Å². The molecule has 3 aromatic heterocycles. The molecule has 0 saturated carbocycles. The van der Waals surface area contributed by atoms with Gasteiger partial charge in [-0.05, 0) is 37.3 Å². The van der Waals surface area contributed by atoms with E-state index in [0.717, 1.165) is 5.69 Å². The zero-order chi connectivity index (χ0) is 22.0. The zero-order valence-electron chi connectivity index (χ0n) is 17.2. The number of nitrogens with zero attached hydrogens (tertiary/aromatic N) is 3. The highest BCUT2D eigenvalue weighted by atomic mass is 16.2. The molecule has 3 heterocycles. The van der Waals surface area contributed by atoms with Gasteiger partial charge in [0, 0.05) is 30.7 Å². The summed E-state index contributed by atoms with van der Waals surface area (Å²) < 4.78 is 2.70. The molecule has 9 heteroatoms. The van der Waals surface area contributed by atoms with Gasteiger partial charge in [-0.2, -0.15) is 0 Å². The van der Waals surface area contributed by atoms with Gasteiger partial charge in [0.15, 0.2) is 0 Å². The third-order valence-electron chi connectivity index (χ3n) is 5.11. The molecular weight excluding hydrogens is 396 g/mol. The molecule has 0 spiro atoms. The number of rotatable bonds is 6. The fourth-order valence-electron chi connectivity index (χ4n) is 3.48. The highest BCUT2D eigenvalue weighted by Crippen LogP contribution is 2.16. The van der Waals surface area contributed by atoms with Gasteiger partial charge in [0.05, 0.1) is 28.8 Å². The molecule has 4 rings (SSSR count). The van der Waals surface area contributed by atoms with Gasteiger partial charge in [0.1, 0.15) is 6.54 Å². The van der Waals surface area contributed by atoms with Crippen LogP contribution in [0.4, 0.5) is 5.69 Å². The molecule has 9 nitrogen and oxygen atoms in total. The van der Waals surface area contributed by atoms with Crippen molar-refractivity contribution in [3.63, 3.8) is 0 Å². The minimum absolute atomic E-state index is 0.187. The van der Waals surface area contributed by atoms with E-state index in [9.17, 15) is 14.4 Å². The van der Waals surface area contributed by atoms with Crippen molar-refractivity contribution >= 4 is 22.5 Å². The molecule has 0 aliphatic rings. The van der Waals surface area contributed by atoms with Crippen molar-refractivity contribution in [1.82, 2.24) is 24.6 Å². The van der Waals surface area contributed by atoms with Gasteiger partial charge in [-0.15, -0.1) is 0 Å². The summed E-state index contributed by atoms with van der Waals surface area (Å²) in [6.45, 7) is 1.74. The second-order valence-corrected chi connectivity index (χ2v) is 7.09. The maximum absolute atomic E-state index is 13.1. The molecule has 0 saturated heterocycles. The summed E-state index contributed by atoms with van der Waals surface area (Å²) in [5.41, 5.74) is 2.41. The van der Waals surface area contributed by atoms with Crippen molar-refractivity contribution in [3.05, 3.63) is 86.8 Å². The molecule has 158 valence electrons. The Morgan fingerprint density at radius 3 is 2.71 bits per heavy atom. The molecule has 0 radical (unpaired) electrons. The molecule has 0 atom stereocenters. The maximum Gasteiger partial charge on any atom is 0.280 e. The lowest BCUT2D eigenvalue weighted by Gasteiger charge is -2.10. The average molecular weight is 418 g/mol. The van der Waals surface area contributed by atoms with Gasteiger partial charge >= 0.3 is 0 Å². The van der Waals surface area contributed by atoms with Crippen LogP contribution in [-0.2, 0) is 17.9 Å². The van der Waals surface area contributed by atoms with Crippen LogP contribution in [0.15, 0.2) is 64.3 Å². The van der Waals surface area contributed by atoms with Crippen LogP contribution in [0.1, 0.15) is 11.4 Å². The summed E-state index contributed by atoms with van der Waals surface area (Å²) in [7, 11) is 1.79. The van der Waals surface area contributed by atoms with Crippen LogP contribution in [-0.4, -0.2) is 32.3 Å². The monoisotopic (exact) mass is 418 g/mol. The number of aromatic nitrogens is 4. The Bertz CT molecular complexity index is 1370. The number of aryl methyl sites for hydroxylation is 1. The zero-order valence-corrected chi connectivity index (χ0v) is 17.2. The third kappa shape index (κ3) is 3.97. The molecule has 1 aromatic carbocycles. The number of benzene rings is 1. The summed E-state index contributed by atoms with van der Waals surface area (Å²) in [6, 6.07) is 14.1. The molecule has 0 aliphatic heterocycles. The van der Waals surface area contributed by atoms with Gasteiger partial charge in [-0.25, -0.2) is 4.68 Å². The number of fused-ring (bicyclic) bond motifs is 1. The van der Waals surface area contributed by atoms with Crippen LogP contribution in [0.5, 0.6) is 0 Å². The van der Waals surface area contributed by atoms with Gasteiger partial charge in [0.25, 0.3) is 11.1 Å². The summed E-state index contributed by atoms with van der Waals surface area (Å²) in [4.78, 5) is 42.3. The van der Waals surface area contributed by atoms with E-state index in [0.29, 0.717) is 28.0 Å². The third-order valence-corrected chi connectivity index (χ3v) is 5.11. The normalized spacial score (nSPS) is 10.9. The first kappa shape index (κ1) is 20.1. The predicted molar refractivity (Wildman–Crippen MR) is 119 cm³/mol. The van der Waals surface area contributed by atoms with Crippen LogP contribution in [0.2, 0.25) is 0 Å². The number of aromatic amines is 1. The summed E-state index contributed by atoms with van der Waals surface area (Å²) in [5.74, 6) is -0.340. The number of H-pyrrole nitrogens is 1. The van der Waals surface area contributed by atoms with Crippen LogP contribution in [0.25, 0.3) is 16.6 Å². The number of carbonyl (C=O) groups is 1. The number of pyridine rings is 2. The fourth-order valence-corrected chi connectivity index (χ4v) is 3.48. The van der Waals surface area contributed by atoms with E-state index < -0.39 is 0 Å². The van der Waals surface area contributed by atoms with E-state index in [1.165, 1.54) is 15.3 Å². The number of nitrogens with one attached hydrogen (secondary N) is 3. The Morgan fingerprint density at radius 1 is 1.13 bits per heavy atom. The summed E-state index contributed by atoms with van der Waals surface area (Å²) in [6.07, 6.45) is 1.65. The first-order chi connectivity index (χ1) is 15.0. The van der Waals surface area contributed by atoms with E-state index in [1.807, 2.05) is 24.3 Å². The molecule has 0 aliphatic carbocycles. The highest BCUT2D eigenvalue weighted by molar-refractivity contribution is 5.82.